The van der Waals surface area contributed by atoms with Crippen LogP contribution in [0.15, 0.2) is 53.7 Å². The molecule has 0 aliphatic heterocycles. The normalized spacial score (nSPS) is 11.9. The Bertz CT molecular complexity index is 913. The first kappa shape index (κ1) is 19.6. The van der Waals surface area contributed by atoms with Gasteiger partial charge in [-0.25, -0.2) is 4.98 Å². The molecule has 2 rings (SSSR count). The lowest BCUT2D eigenvalue weighted by Crippen LogP contribution is -2.24. The predicted octanol–water partition coefficient (Wildman–Crippen LogP) is 2.97. The average Bonchev–Trinajstić information content (AvgIpc) is 2.56. The van der Waals surface area contributed by atoms with Crippen LogP contribution in [0, 0.1) is 10.1 Å². The monoisotopic (exact) mass is 399 g/mol. The molecule has 0 aliphatic rings. The lowest BCUT2D eigenvalue weighted by Gasteiger charge is -2.18. The van der Waals surface area contributed by atoms with Crippen molar-refractivity contribution in [2.45, 2.75) is 0 Å². The minimum Gasteiger partial charge on any atom is -0.439 e. The van der Waals surface area contributed by atoms with Gasteiger partial charge in [0, 0.05) is 18.1 Å². The molecular formula is C15H14ClN3O6S. The van der Waals surface area contributed by atoms with Crippen molar-refractivity contribution in [2.24, 2.45) is 0 Å². The van der Waals surface area contributed by atoms with E-state index in [1.165, 1.54) is 18.1 Å². The Morgan fingerprint density at radius 3 is 2.50 bits per heavy atom. The summed E-state index contributed by atoms with van der Waals surface area (Å²) in [7, 11) is -3.20. The first-order valence-electron chi connectivity index (χ1n) is 7.07. The summed E-state index contributed by atoms with van der Waals surface area (Å²) in [5.74, 6) is 0.825. The van der Waals surface area contributed by atoms with Crippen molar-refractivity contribution in [1.82, 2.24) is 4.98 Å². The maximum Gasteiger partial charge on any atom is 0.298 e. The number of anilines is 1. The van der Waals surface area contributed by atoms with Crippen LogP contribution in [0.4, 0.5) is 5.69 Å². The van der Waals surface area contributed by atoms with E-state index in [9.17, 15) is 18.5 Å². The maximum absolute atomic E-state index is 11.2. The van der Waals surface area contributed by atoms with Gasteiger partial charge in [-0.2, -0.15) is 8.42 Å². The zero-order chi connectivity index (χ0) is 19.3. The average molecular weight is 400 g/mol. The van der Waals surface area contributed by atoms with Gasteiger partial charge in [0.05, 0.1) is 23.4 Å². The second-order valence-electron chi connectivity index (χ2n) is 5.12. The Morgan fingerprint density at radius 1 is 1.35 bits per heavy atom. The van der Waals surface area contributed by atoms with Crippen LogP contribution in [0.3, 0.4) is 0 Å². The van der Waals surface area contributed by atoms with E-state index in [1.807, 2.05) is 0 Å². The van der Waals surface area contributed by atoms with Gasteiger partial charge in [-0.15, -0.1) is 0 Å². The second-order valence-corrected chi connectivity index (χ2v) is 7.03. The highest BCUT2D eigenvalue weighted by atomic mass is 35.5. The molecule has 9 nitrogen and oxygen atoms in total. The molecule has 0 spiro atoms. The van der Waals surface area contributed by atoms with Crippen molar-refractivity contribution >= 4 is 27.4 Å². The smallest absolute Gasteiger partial charge is 0.298 e. The molecule has 0 aliphatic carbocycles. The Labute approximate surface area is 154 Å². The van der Waals surface area contributed by atoms with Crippen LogP contribution in [0.2, 0.25) is 5.02 Å². The highest BCUT2D eigenvalue weighted by Gasteiger charge is 2.20. The molecule has 0 atom stereocenters. The number of hydrogen-bond donors (Lipinski definition) is 1. The van der Waals surface area contributed by atoms with E-state index in [2.05, 4.69) is 4.98 Å². The minimum absolute atomic E-state index is 0.247. The third kappa shape index (κ3) is 5.69. The highest BCUT2D eigenvalue weighted by Crippen LogP contribution is 2.23. The molecule has 0 saturated carbocycles. The Morgan fingerprint density at radius 2 is 2.00 bits per heavy atom. The fourth-order valence-corrected chi connectivity index (χ4v) is 2.62. The lowest BCUT2D eigenvalue weighted by atomic mass is 10.3. The molecule has 1 aromatic heterocycles. The zero-order valence-electron chi connectivity index (χ0n) is 13.4. The Balaban J connectivity index is 2.11. The van der Waals surface area contributed by atoms with E-state index in [0.29, 0.717) is 22.3 Å². The van der Waals surface area contributed by atoms with Crippen LogP contribution in [-0.2, 0) is 10.1 Å². The summed E-state index contributed by atoms with van der Waals surface area (Å²) >= 11 is 5.79. The van der Waals surface area contributed by atoms with Gasteiger partial charge in [0.15, 0.2) is 4.91 Å². The van der Waals surface area contributed by atoms with Crippen LogP contribution in [0.25, 0.3) is 0 Å². The van der Waals surface area contributed by atoms with E-state index in [-0.39, 0.29) is 6.20 Å². The van der Waals surface area contributed by atoms with Crippen LogP contribution in [0.5, 0.6) is 11.6 Å². The fourth-order valence-electron chi connectivity index (χ4n) is 1.91. The maximum atomic E-state index is 11.2. The van der Waals surface area contributed by atoms with Crippen LogP contribution in [-0.4, -0.2) is 36.5 Å². The van der Waals surface area contributed by atoms with Crippen molar-refractivity contribution in [3.63, 3.8) is 0 Å². The van der Waals surface area contributed by atoms with Gasteiger partial charge in [0.1, 0.15) is 5.75 Å². The van der Waals surface area contributed by atoms with Crippen molar-refractivity contribution < 1.29 is 22.6 Å². The molecule has 11 heteroatoms. The number of hydrogen-bond acceptors (Lipinski definition) is 7. The van der Waals surface area contributed by atoms with Crippen LogP contribution < -0.4 is 9.64 Å². The molecule has 1 aromatic carbocycles. The van der Waals surface area contributed by atoms with E-state index in [1.54, 1.807) is 36.4 Å². The number of halogens is 1. The van der Waals surface area contributed by atoms with Gasteiger partial charge in [0.2, 0.25) is 5.88 Å². The molecule has 0 amide bonds. The molecule has 1 N–H and O–H groups in total. The van der Waals surface area contributed by atoms with Gasteiger partial charge >= 0.3 is 0 Å². The Hall–Kier alpha value is -2.69. The molecule has 0 saturated heterocycles. The number of nitrogens with zero attached hydrogens (tertiary/aromatic N) is 3. The number of ether oxygens (including phenoxy) is 1. The zero-order valence-corrected chi connectivity index (χ0v) is 15.0. The summed E-state index contributed by atoms with van der Waals surface area (Å²) in [6.07, 6.45) is 1.65. The standard InChI is InChI=1S/C15H14ClN3O6S/c1-18(9-14(10-19(20)21)26(22,23)24)12-4-7-15(17-8-12)25-13-5-2-11(16)3-6-13/h2-8,10H,9H2,1H3,(H,22,23,24). The number of nitro groups is 1. The first-order valence-corrected chi connectivity index (χ1v) is 8.89. The third-order valence-electron chi connectivity index (χ3n) is 3.17. The minimum atomic E-state index is -4.69. The first-order chi connectivity index (χ1) is 12.1. The van der Waals surface area contributed by atoms with Crippen molar-refractivity contribution in [3.8, 4) is 11.6 Å². The molecule has 26 heavy (non-hydrogen) atoms. The molecule has 1 heterocycles. The third-order valence-corrected chi connectivity index (χ3v) is 4.32. The SMILES string of the molecule is CN(CC(=C[N+](=O)[O-])S(=O)(=O)O)c1ccc(Oc2ccc(Cl)cc2)nc1. The summed E-state index contributed by atoms with van der Waals surface area (Å²) in [5, 5.41) is 11.1. The molecule has 2 aromatic rings. The van der Waals surface area contributed by atoms with Crippen LogP contribution in [0.1, 0.15) is 0 Å². The van der Waals surface area contributed by atoms with Crippen molar-refractivity contribution in [2.75, 3.05) is 18.5 Å². The van der Waals surface area contributed by atoms with Crippen molar-refractivity contribution in [3.05, 3.63) is 68.8 Å². The quantitative estimate of drug-likeness (QED) is 0.428. The Kier molecular flexibility index (Phi) is 6.14. The van der Waals surface area contributed by atoms with Gasteiger partial charge in [-0.3, -0.25) is 14.7 Å². The molecule has 0 fully saturated rings. The highest BCUT2D eigenvalue weighted by molar-refractivity contribution is 7.89. The van der Waals surface area contributed by atoms with E-state index >= 15 is 0 Å². The number of aromatic nitrogens is 1. The number of rotatable bonds is 7. The second kappa shape index (κ2) is 8.13. The molecule has 138 valence electrons. The summed E-state index contributed by atoms with van der Waals surface area (Å²) in [4.78, 5) is 14.3. The molecule has 0 bridgehead atoms. The lowest BCUT2D eigenvalue weighted by molar-refractivity contribution is -0.403. The summed E-state index contributed by atoms with van der Waals surface area (Å²) in [6, 6.07) is 9.81. The van der Waals surface area contributed by atoms with E-state index in [0.717, 1.165) is 0 Å². The van der Waals surface area contributed by atoms with Gasteiger partial charge in [-0.1, -0.05) is 11.6 Å². The predicted molar refractivity (Wildman–Crippen MR) is 95.7 cm³/mol. The number of pyridine rings is 1. The largest absolute Gasteiger partial charge is 0.439 e. The fraction of sp³-hybridized carbons (Fsp3) is 0.133. The number of benzene rings is 1. The molecular weight excluding hydrogens is 386 g/mol. The summed E-state index contributed by atoms with van der Waals surface area (Å²) < 4.78 is 37.1. The summed E-state index contributed by atoms with van der Waals surface area (Å²) in [6.45, 7) is -0.404. The van der Waals surface area contributed by atoms with Gasteiger partial charge in [0.25, 0.3) is 16.3 Å². The van der Waals surface area contributed by atoms with E-state index in [4.69, 9.17) is 20.9 Å². The molecule has 0 unspecified atom stereocenters. The topological polar surface area (TPSA) is 123 Å². The van der Waals surface area contributed by atoms with Gasteiger partial charge in [-0.05, 0) is 30.3 Å². The number of likely N-dealkylation sites (N-methyl/N-ethyl adjacent to an activating group) is 1. The van der Waals surface area contributed by atoms with Gasteiger partial charge < -0.3 is 9.64 Å². The molecule has 0 radical (unpaired) electrons. The van der Waals surface area contributed by atoms with Crippen LogP contribution >= 0.6 is 11.6 Å². The van der Waals surface area contributed by atoms with E-state index < -0.39 is 26.5 Å². The summed E-state index contributed by atoms with van der Waals surface area (Å²) in [5.41, 5.74) is 0.464. The van der Waals surface area contributed by atoms with Crippen molar-refractivity contribution in [1.29, 1.82) is 0 Å².